The summed E-state index contributed by atoms with van der Waals surface area (Å²) in [6, 6.07) is 16.9. The smallest absolute Gasteiger partial charge is 0.354 e. The van der Waals surface area contributed by atoms with Gasteiger partial charge in [0.05, 0.1) is 19.1 Å². The summed E-state index contributed by atoms with van der Waals surface area (Å²) in [6.07, 6.45) is 1.55. The van der Waals surface area contributed by atoms with Crippen LogP contribution in [0.2, 0.25) is 0 Å². The zero-order valence-corrected chi connectivity index (χ0v) is 15.3. The van der Waals surface area contributed by atoms with Gasteiger partial charge in [-0.25, -0.2) is 4.79 Å². The summed E-state index contributed by atoms with van der Waals surface area (Å²) in [5.41, 5.74) is 2.10. The molecule has 1 amide bonds. The number of hydrogen-bond donors (Lipinski definition) is 1. The summed E-state index contributed by atoms with van der Waals surface area (Å²) in [6.45, 7) is 2.56. The van der Waals surface area contributed by atoms with E-state index in [0.717, 1.165) is 5.56 Å². The lowest BCUT2D eigenvalue weighted by molar-refractivity contribution is -0.121. The molecule has 0 radical (unpaired) electrons. The van der Waals surface area contributed by atoms with Crippen molar-refractivity contribution < 1.29 is 18.7 Å². The molecule has 0 saturated carbocycles. The molecule has 1 N–H and O–H groups in total. The number of furan rings is 1. The number of esters is 1. The summed E-state index contributed by atoms with van der Waals surface area (Å²) < 4.78 is 11.8. The number of hydrogen-bond acceptors (Lipinski definition) is 4. The Labute approximate surface area is 157 Å². The van der Waals surface area contributed by atoms with Gasteiger partial charge in [-0.05, 0) is 35.7 Å². The van der Waals surface area contributed by atoms with Crippen molar-refractivity contribution in [2.45, 2.75) is 19.4 Å². The van der Waals surface area contributed by atoms with E-state index in [2.05, 4.69) is 12.2 Å². The standard InChI is InChI=1S/C21H22N2O4/c1-15(16-7-4-3-5-8-16)13-22-20(24)14-23-17(19-9-6-12-27-19)10-11-18(23)21(25)26-2/h3-12,15H,13-14H2,1-2H3,(H,22,24)/t15-/m1/s1. The Morgan fingerprint density at radius 3 is 2.56 bits per heavy atom. The van der Waals surface area contributed by atoms with Crippen LogP contribution in [0.25, 0.3) is 11.5 Å². The first kappa shape index (κ1) is 18.5. The Balaban J connectivity index is 1.73. The van der Waals surface area contributed by atoms with Gasteiger partial charge in [0, 0.05) is 6.54 Å². The first-order valence-electron chi connectivity index (χ1n) is 8.73. The molecule has 0 fully saturated rings. The number of rotatable bonds is 7. The topological polar surface area (TPSA) is 73.5 Å². The molecular weight excluding hydrogens is 344 g/mol. The fraction of sp³-hybridized carbons (Fsp3) is 0.238. The monoisotopic (exact) mass is 366 g/mol. The van der Waals surface area contributed by atoms with E-state index in [1.807, 2.05) is 30.3 Å². The fourth-order valence-corrected chi connectivity index (χ4v) is 2.93. The Bertz CT molecular complexity index is 898. The van der Waals surface area contributed by atoms with Crippen LogP contribution in [0.3, 0.4) is 0 Å². The number of amides is 1. The number of carbonyl (C=O) groups excluding carboxylic acids is 2. The van der Waals surface area contributed by atoms with E-state index in [-0.39, 0.29) is 18.4 Å². The zero-order chi connectivity index (χ0) is 19.2. The lowest BCUT2D eigenvalue weighted by atomic mass is 10.0. The summed E-state index contributed by atoms with van der Waals surface area (Å²) in [7, 11) is 1.31. The molecule has 0 unspecified atom stereocenters. The molecule has 0 aliphatic heterocycles. The third-order valence-electron chi connectivity index (χ3n) is 4.42. The Morgan fingerprint density at radius 1 is 1.11 bits per heavy atom. The first-order valence-corrected chi connectivity index (χ1v) is 8.73. The minimum atomic E-state index is -0.502. The maximum atomic E-state index is 12.5. The van der Waals surface area contributed by atoms with Gasteiger partial charge in [0.25, 0.3) is 0 Å². The molecule has 0 spiro atoms. The van der Waals surface area contributed by atoms with Crippen LogP contribution >= 0.6 is 0 Å². The lowest BCUT2D eigenvalue weighted by Crippen LogP contribution is -2.31. The van der Waals surface area contributed by atoms with Crippen LogP contribution in [0.15, 0.2) is 65.3 Å². The largest absolute Gasteiger partial charge is 0.464 e. The van der Waals surface area contributed by atoms with E-state index in [1.54, 1.807) is 35.1 Å². The predicted octanol–water partition coefficient (Wildman–Crippen LogP) is 3.45. The third-order valence-corrected chi connectivity index (χ3v) is 4.42. The van der Waals surface area contributed by atoms with E-state index in [4.69, 9.17) is 9.15 Å². The van der Waals surface area contributed by atoms with Gasteiger partial charge in [-0.3, -0.25) is 4.79 Å². The molecule has 3 rings (SSSR count). The molecule has 0 saturated heterocycles. The van der Waals surface area contributed by atoms with E-state index in [9.17, 15) is 9.59 Å². The molecule has 140 valence electrons. The number of methoxy groups -OCH3 is 1. The van der Waals surface area contributed by atoms with Crippen molar-refractivity contribution >= 4 is 11.9 Å². The van der Waals surface area contributed by atoms with E-state index in [0.29, 0.717) is 23.7 Å². The second-order valence-electron chi connectivity index (χ2n) is 6.27. The van der Waals surface area contributed by atoms with Gasteiger partial charge < -0.3 is 19.0 Å². The molecule has 0 aliphatic carbocycles. The van der Waals surface area contributed by atoms with Crippen molar-refractivity contribution in [2.75, 3.05) is 13.7 Å². The molecule has 0 aliphatic rings. The van der Waals surface area contributed by atoms with Crippen molar-refractivity contribution in [3.8, 4) is 11.5 Å². The van der Waals surface area contributed by atoms with Crippen molar-refractivity contribution in [3.63, 3.8) is 0 Å². The van der Waals surface area contributed by atoms with Crippen LogP contribution < -0.4 is 5.32 Å². The van der Waals surface area contributed by atoms with Crippen molar-refractivity contribution in [1.29, 1.82) is 0 Å². The van der Waals surface area contributed by atoms with Crippen LogP contribution in [-0.4, -0.2) is 30.1 Å². The SMILES string of the molecule is COC(=O)c1ccc(-c2ccco2)n1CC(=O)NC[C@@H](C)c1ccccc1. The van der Waals surface area contributed by atoms with Crippen molar-refractivity contribution in [1.82, 2.24) is 9.88 Å². The van der Waals surface area contributed by atoms with Crippen LogP contribution in [0.1, 0.15) is 28.9 Å². The number of nitrogens with one attached hydrogen (secondary N) is 1. The lowest BCUT2D eigenvalue weighted by Gasteiger charge is -2.15. The summed E-state index contributed by atoms with van der Waals surface area (Å²) in [4.78, 5) is 24.6. The molecule has 6 heteroatoms. The van der Waals surface area contributed by atoms with Gasteiger partial charge in [-0.2, -0.15) is 0 Å². The molecule has 6 nitrogen and oxygen atoms in total. The van der Waals surface area contributed by atoms with E-state index in [1.165, 1.54) is 7.11 Å². The van der Waals surface area contributed by atoms with Crippen LogP contribution in [0, 0.1) is 0 Å². The van der Waals surface area contributed by atoms with Gasteiger partial charge in [-0.15, -0.1) is 0 Å². The van der Waals surface area contributed by atoms with Crippen LogP contribution in [0.5, 0.6) is 0 Å². The Hall–Kier alpha value is -3.28. The summed E-state index contributed by atoms with van der Waals surface area (Å²) in [5, 5.41) is 2.93. The number of benzene rings is 1. The highest BCUT2D eigenvalue weighted by Crippen LogP contribution is 2.23. The molecule has 0 bridgehead atoms. The second kappa shape index (κ2) is 8.40. The van der Waals surface area contributed by atoms with E-state index < -0.39 is 5.97 Å². The molecule has 1 atom stereocenters. The molecule has 1 aromatic carbocycles. The minimum absolute atomic E-state index is 0.00498. The Kier molecular flexibility index (Phi) is 5.76. The minimum Gasteiger partial charge on any atom is -0.464 e. The second-order valence-corrected chi connectivity index (χ2v) is 6.27. The zero-order valence-electron chi connectivity index (χ0n) is 15.3. The van der Waals surface area contributed by atoms with Gasteiger partial charge >= 0.3 is 5.97 Å². The van der Waals surface area contributed by atoms with E-state index >= 15 is 0 Å². The molecule has 27 heavy (non-hydrogen) atoms. The highest BCUT2D eigenvalue weighted by atomic mass is 16.5. The normalized spacial score (nSPS) is 11.8. The average Bonchev–Trinajstić information content (AvgIpc) is 3.36. The van der Waals surface area contributed by atoms with Crippen LogP contribution in [-0.2, 0) is 16.1 Å². The maximum Gasteiger partial charge on any atom is 0.354 e. The van der Waals surface area contributed by atoms with Crippen molar-refractivity contribution in [3.05, 3.63) is 72.1 Å². The third kappa shape index (κ3) is 4.28. The Morgan fingerprint density at radius 2 is 1.89 bits per heavy atom. The number of nitrogens with zero attached hydrogens (tertiary/aromatic N) is 1. The van der Waals surface area contributed by atoms with Gasteiger partial charge in [0.15, 0.2) is 0 Å². The number of carbonyl (C=O) groups is 2. The first-order chi connectivity index (χ1) is 13.1. The van der Waals surface area contributed by atoms with Gasteiger partial charge in [0.1, 0.15) is 18.0 Å². The van der Waals surface area contributed by atoms with Gasteiger partial charge in [0.2, 0.25) is 5.91 Å². The average molecular weight is 366 g/mol. The fourth-order valence-electron chi connectivity index (χ4n) is 2.93. The van der Waals surface area contributed by atoms with Gasteiger partial charge in [-0.1, -0.05) is 37.3 Å². The summed E-state index contributed by atoms with van der Waals surface area (Å²) in [5.74, 6) is 0.0743. The van der Waals surface area contributed by atoms with Crippen molar-refractivity contribution in [2.24, 2.45) is 0 Å². The highest BCUT2D eigenvalue weighted by molar-refractivity contribution is 5.90. The predicted molar refractivity (Wildman–Crippen MR) is 101 cm³/mol. The maximum absolute atomic E-state index is 12.5. The quantitative estimate of drug-likeness (QED) is 0.650. The molecule has 2 aromatic heterocycles. The number of aromatic nitrogens is 1. The molecular formula is C21H22N2O4. The summed E-state index contributed by atoms with van der Waals surface area (Å²) >= 11 is 0. The number of ether oxygens (including phenoxy) is 1. The molecule has 2 heterocycles. The highest BCUT2D eigenvalue weighted by Gasteiger charge is 2.20. The van der Waals surface area contributed by atoms with Crippen LogP contribution in [0.4, 0.5) is 0 Å². The molecule has 3 aromatic rings.